The van der Waals surface area contributed by atoms with Crippen molar-refractivity contribution in [2.45, 2.75) is 25.4 Å². The van der Waals surface area contributed by atoms with Crippen molar-refractivity contribution >= 4 is 17.2 Å². The quantitative estimate of drug-likeness (QED) is 0.910. The maximum Gasteiger partial charge on any atom is 0.271 e. The lowest BCUT2D eigenvalue weighted by molar-refractivity contribution is 0.0946. The van der Waals surface area contributed by atoms with E-state index in [1.54, 1.807) is 5.38 Å². The van der Waals surface area contributed by atoms with Crippen LogP contribution in [0.5, 0.6) is 0 Å². The third-order valence-corrected chi connectivity index (χ3v) is 4.53. The van der Waals surface area contributed by atoms with E-state index in [1.165, 1.54) is 17.4 Å². The van der Waals surface area contributed by atoms with Crippen LogP contribution in [-0.4, -0.2) is 17.4 Å². The first-order valence-electron chi connectivity index (χ1n) is 7.04. The van der Waals surface area contributed by atoms with Gasteiger partial charge in [0.05, 0.1) is 6.04 Å². The minimum Gasteiger partial charge on any atom is -0.346 e. The van der Waals surface area contributed by atoms with Gasteiger partial charge in [-0.1, -0.05) is 6.07 Å². The summed E-state index contributed by atoms with van der Waals surface area (Å²) in [5.41, 5.74) is 0.568. The van der Waals surface area contributed by atoms with Crippen molar-refractivity contribution in [3.8, 4) is 0 Å². The van der Waals surface area contributed by atoms with Crippen LogP contribution in [0.3, 0.4) is 0 Å². The topological polar surface area (TPSA) is 54.0 Å². The Labute approximate surface area is 130 Å². The molecule has 1 atom stereocenters. The van der Waals surface area contributed by atoms with Crippen molar-refractivity contribution in [3.63, 3.8) is 0 Å². The molecular formula is C15H15F2N3OS. The lowest BCUT2D eigenvalue weighted by Gasteiger charge is -2.06. The van der Waals surface area contributed by atoms with Crippen molar-refractivity contribution in [2.24, 2.45) is 0 Å². The van der Waals surface area contributed by atoms with Gasteiger partial charge in [-0.2, -0.15) is 0 Å². The Morgan fingerprint density at radius 1 is 1.45 bits per heavy atom. The summed E-state index contributed by atoms with van der Waals surface area (Å²) >= 11 is 1.44. The average Bonchev–Trinajstić information content (AvgIpc) is 3.17. The Bertz CT molecular complexity index is 683. The van der Waals surface area contributed by atoms with E-state index >= 15 is 0 Å². The summed E-state index contributed by atoms with van der Waals surface area (Å²) in [6.45, 7) is 0.967. The van der Waals surface area contributed by atoms with Crippen molar-refractivity contribution in [1.82, 2.24) is 15.6 Å². The molecule has 2 heterocycles. The van der Waals surface area contributed by atoms with E-state index in [1.807, 2.05) is 0 Å². The second-order valence-electron chi connectivity index (χ2n) is 5.14. The predicted octanol–water partition coefficient (Wildman–Crippen LogP) is 2.78. The van der Waals surface area contributed by atoms with Gasteiger partial charge in [0.15, 0.2) is 0 Å². The molecule has 1 fully saturated rings. The fourth-order valence-electron chi connectivity index (χ4n) is 2.38. The average molecular weight is 323 g/mol. The lowest BCUT2D eigenvalue weighted by Crippen LogP contribution is -2.24. The molecule has 1 aliphatic rings. The smallest absolute Gasteiger partial charge is 0.271 e. The molecule has 0 saturated carbocycles. The highest BCUT2D eigenvalue weighted by Crippen LogP contribution is 2.25. The van der Waals surface area contributed by atoms with Gasteiger partial charge in [0.2, 0.25) is 0 Å². The van der Waals surface area contributed by atoms with Gasteiger partial charge in [0.25, 0.3) is 5.91 Å². The van der Waals surface area contributed by atoms with Gasteiger partial charge in [-0.25, -0.2) is 13.8 Å². The van der Waals surface area contributed by atoms with Gasteiger partial charge < -0.3 is 10.6 Å². The predicted molar refractivity (Wildman–Crippen MR) is 79.6 cm³/mol. The third-order valence-electron chi connectivity index (χ3n) is 3.57. The van der Waals surface area contributed by atoms with Crippen LogP contribution in [0.1, 0.15) is 39.9 Å². The number of thiazole rings is 1. The van der Waals surface area contributed by atoms with E-state index in [4.69, 9.17) is 0 Å². The van der Waals surface area contributed by atoms with E-state index in [-0.39, 0.29) is 24.1 Å². The zero-order valence-electron chi connectivity index (χ0n) is 11.7. The molecular weight excluding hydrogens is 308 g/mol. The first kappa shape index (κ1) is 15.1. The van der Waals surface area contributed by atoms with Crippen LogP contribution in [0.25, 0.3) is 0 Å². The fourth-order valence-corrected chi connectivity index (χ4v) is 3.29. The van der Waals surface area contributed by atoms with Gasteiger partial charge in [-0.05, 0) is 25.5 Å². The molecule has 4 nitrogen and oxygen atoms in total. The fraction of sp³-hybridized carbons (Fsp3) is 0.333. The van der Waals surface area contributed by atoms with Crippen LogP contribution < -0.4 is 10.6 Å². The van der Waals surface area contributed by atoms with Crippen molar-refractivity contribution < 1.29 is 13.6 Å². The molecule has 2 aromatic rings. The second-order valence-corrected chi connectivity index (χ2v) is 6.03. The van der Waals surface area contributed by atoms with E-state index in [0.29, 0.717) is 5.69 Å². The summed E-state index contributed by atoms with van der Waals surface area (Å²) in [5.74, 6) is -1.67. The molecule has 0 radical (unpaired) electrons. The molecule has 0 bridgehead atoms. The summed E-state index contributed by atoms with van der Waals surface area (Å²) in [6.07, 6.45) is 2.13. The zero-order chi connectivity index (χ0) is 15.5. The summed E-state index contributed by atoms with van der Waals surface area (Å²) in [6, 6.07) is 3.51. The molecule has 1 aromatic carbocycles. The van der Waals surface area contributed by atoms with E-state index in [2.05, 4.69) is 15.6 Å². The number of carbonyl (C=O) groups is 1. The molecule has 116 valence electrons. The normalized spacial score (nSPS) is 17.6. The summed E-state index contributed by atoms with van der Waals surface area (Å²) in [7, 11) is 0. The molecule has 3 rings (SSSR count). The number of nitrogens with zero attached hydrogens (tertiary/aromatic N) is 1. The highest BCUT2D eigenvalue weighted by molar-refractivity contribution is 7.09. The first-order chi connectivity index (χ1) is 10.6. The highest BCUT2D eigenvalue weighted by Gasteiger charge is 2.21. The second kappa shape index (κ2) is 6.50. The van der Waals surface area contributed by atoms with Gasteiger partial charge in [-0.3, -0.25) is 4.79 Å². The summed E-state index contributed by atoms with van der Waals surface area (Å²) in [4.78, 5) is 16.4. The van der Waals surface area contributed by atoms with Gasteiger partial charge >= 0.3 is 0 Å². The number of benzene rings is 1. The summed E-state index contributed by atoms with van der Waals surface area (Å²) < 4.78 is 26.3. The molecule has 0 spiro atoms. The zero-order valence-corrected chi connectivity index (χ0v) is 12.6. The van der Waals surface area contributed by atoms with Crippen molar-refractivity contribution in [1.29, 1.82) is 0 Å². The van der Waals surface area contributed by atoms with Crippen LogP contribution in [0.4, 0.5) is 8.78 Å². The van der Waals surface area contributed by atoms with E-state index < -0.39 is 11.6 Å². The third kappa shape index (κ3) is 3.31. The van der Waals surface area contributed by atoms with Crippen LogP contribution in [-0.2, 0) is 6.54 Å². The van der Waals surface area contributed by atoms with E-state index in [0.717, 1.165) is 36.5 Å². The Morgan fingerprint density at radius 2 is 2.32 bits per heavy atom. The monoisotopic (exact) mass is 323 g/mol. The Morgan fingerprint density at radius 3 is 3.05 bits per heavy atom. The largest absolute Gasteiger partial charge is 0.346 e. The number of hydrogen-bond acceptors (Lipinski definition) is 4. The number of halogens is 2. The minimum absolute atomic E-state index is 0.000511. The van der Waals surface area contributed by atoms with Gasteiger partial charge in [0, 0.05) is 23.6 Å². The molecule has 1 aromatic heterocycles. The van der Waals surface area contributed by atoms with Crippen molar-refractivity contribution in [2.75, 3.05) is 6.54 Å². The number of hydrogen-bond donors (Lipinski definition) is 2. The molecule has 1 unspecified atom stereocenters. The Kier molecular flexibility index (Phi) is 4.44. The Hall–Kier alpha value is -1.86. The number of rotatable bonds is 4. The number of aromatic nitrogens is 1. The molecule has 22 heavy (non-hydrogen) atoms. The number of amides is 1. The molecule has 1 amide bonds. The highest BCUT2D eigenvalue weighted by atomic mass is 32.1. The Balaban J connectivity index is 1.62. The standard InChI is InChI=1S/C15H15F2N3OS/c16-10-4-3-9(11(17)6-10)7-19-14(21)13-8-22-15(20-13)12-2-1-5-18-12/h3-4,6,8,12,18H,1-2,5,7H2,(H,19,21). The minimum atomic E-state index is -0.672. The van der Waals surface area contributed by atoms with Gasteiger partial charge in [0.1, 0.15) is 22.3 Å². The van der Waals surface area contributed by atoms with Crippen LogP contribution >= 0.6 is 11.3 Å². The maximum atomic E-state index is 13.5. The molecule has 0 aliphatic carbocycles. The summed E-state index contributed by atoms with van der Waals surface area (Å²) in [5, 5.41) is 8.53. The number of carbonyl (C=O) groups excluding carboxylic acids is 1. The molecule has 1 saturated heterocycles. The van der Waals surface area contributed by atoms with Crippen LogP contribution in [0, 0.1) is 11.6 Å². The number of nitrogens with one attached hydrogen (secondary N) is 2. The molecule has 7 heteroatoms. The molecule has 2 N–H and O–H groups in total. The first-order valence-corrected chi connectivity index (χ1v) is 7.92. The van der Waals surface area contributed by atoms with Crippen LogP contribution in [0.2, 0.25) is 0 Å². The van der Waals surface area contributed by atoms with Crippen molar-refractivity contribution in [3.05, 3.63) is 51.5 Å². The van der Waals surface area contributed by atoms with E-state index in [9.17, 15) is 13.6 Å². The SMILES string of the molecule is O=C(NCc1ccc(F)cc1F)c1csc(C2CCCN2)n1. The van der Waals surface area contributed by atoms with Crippen LogP contribution in [0.15, 0.2) is 23.6 Å². The molecule has 1 aliphatic heterocycles. The maximum absolute atomic E-state index is 13.5. The van der Waals surface area contributed by atoms with Gasteiger partial charge in [-0.15, -0.1) is 11.3 Å². The lowest BCUT2D eigenvalue weighted by atomic mass is 10.2.